The third kappa shape index (κ3) is 6.57. The average Bonchev–Trinajstić information content (AvgIpc) is 3.16. The zero-order valence-electron chi connectivity index (χ0n) is 23.7. The van der Waals surface area contributed by atoms with Crippen molar-refractivity contribution in [1.29, 1.82) is 0 Å². The smallest absolute Gasteiger partial charge is 0.375 e. The van der Waals surface area contributed by atoms with E-state index in [0.717, 1.165) is 12.1 Å². The van der Waals surface area contributed by atoms with Gasteiger partial charge < -0.3 is 19.6 Å². The van der Waals surface area contributed by atoms with Crippen molar-refractivity contribution >= 4 is 40.1 Å². The minimum atomic E-state index is -4.79. The van der Waals surface area contributed by atoms with Crippen molar-refractivity contribution in [2.45, 2.75) is 29.9 Å². The lowest BCUT2D eigenvalue weighted by Crippen LogP contribution is -2.50. The predicted octanol–water partition coefficient (Wildman–Crippen LogP) is 4.55. The zero-order chi connectivity index (χ0) is 31.1. The van der Waals surface area contributed by atoms with Crippen molar-refractivity contribution in [2.75, 3.05) is 64.1 Å². The summed E-state index contributed by atoms with van der Waals surface area (Å²) in [5, 5.41) is 10.0. The van der Waals surface area contributed by atoms with Crippen molar-refractivity contribution in [1.82, 2.24) is 19.4 Å². The first-order valence-electron chi connectivity index (χ1n) is 13.7. The molecule has 1 fully saturated rings. The molecule has 0 radical (unpaired) electrons. The molecule has 2 aliphatic heterocycles. The quantitative estimate of drug-likeness (QED) is 0.284. The Morgan fingerprint density at radius 3 is 2.60 bits per heavy atom. The van der Waals surface area contributed by atoms with Gasteiger partial charge in [0.25, 0.3) is 0 Å². The van der Waals surface area contributed by atoms with Crippen LogP contribution >= 0.6 is 23.4 Å². The summed E-state index contributed by atoms with van der Waals surface area (Å²) in [5.74, 6) is -0.330. The minimum Gasteiger partial charge on any atom is -0.375 e. The number of aromatic nitrogens is 2. The van der Waals surface area contributed by atoms with Crippen molar-refractivity contribution in [3.05, 3.63) is 63.8 Å². The van der Waals surface area contributed by atoms with Crippen molar-refractivity contribution in [3.8, 4) is 11.1 Å². The number of halogens is 5. The van der Waals surface area contributed by atoms with Crippen LogP contribution in [0.25, 0.3) is 22.0 Å². The number of ether oxygens (including phenoxy) is 1. The molecule has 1 saturated heterocycles. The summed E-state index contributed by atoms with van der Waals surface area (Å²) in [6.07, 6.45) is -4.73. The first-order valence-corrected chi connectivity index (χ1v) is 15.1. The highest BCUT2D eigenvalue weighted by Crippen LogP contribution is 2.48. The van der Waals surface area contributed by atoms with Gasteiger partial charge in [-0.2, -0.15) is 18.2 Å². The SMILES string of the molecule is C=CC(O)N1CCN(c2nc(=O)n3c4c(c(-c5ccc(F)c(Cl)c5)c(C(F)(F)F)cc24)SCC(OCCN(C)C)C3)CC1. The van der Waals surface area contributed by atoms with Crippen LogP contribution in [-0.4, -0.2) is 96.0 Å². The van der Waals surface area contributed by atoms with E-state index in [-0.39, 0.29) is 44.5 Å². The molecule has 8 nitrogen and oxygen atoms in total. The van der Waals surface area contributed by atoms with E-state index in [1.54, 1.807) is 9.80 Å². The number of alkyl halides is 3. The second kappa shape index (κ2) is 12.7. The van der Waals surface area contributed by atoms with Crippen LogP contribution < -0.4 is 10.6 Å². The highest BCUT2D eigenvalue weighted by atomic mass is 35.5. The molecule has 1 aromatic heterocycles. The summed E-state index contributed by atoms with van der Waals surface area (Å²) in [4.78, 5) is 23.7. The molecule has 2 aliphatic rings. The lowest BCUT2D eigenvalue weighted by atomic mass is 9.96. The average molecular weight is 642 g/mol. The lowest BCUT2D eigenvalue weighted by molar-refractivity contribution is -0.137. The zero-order valence-corrected chi connectivity index (χ0v) is 25.3. The van der Waals surface area contributed by atoms with Gasteiger partial charge in [0.05, 0.1) is 35.4 Å². The molecule has 14 heteroatoms. The van der Waals surface area contributed by atoms with E-state index in [2.05, 4.69) is 11.6 Å². The van der Waals surface area contributed by atoms with Gasteiger partial charge in [-0.25, -0.2) is 9.18 Å². The molecular formula is C29H32ClF4N5O3S. The Hall–Kier alpha value is -2.68. The summed E-state index contributed by atoms with van der Waals surface area (Å²) >= 11 is 7.21. The molecule has 5 rings (SSSR count). The largest absolute Gasteiger partial charge is 0.417 e. The number of nitrogens with zero attached hydrogens (tertiary/aromatic N) is 5. The van der Waals surface area contributed by atoms with Gasteiger partial charge in [-0.05, 0) is 43.9 Å². The van der Waals surface area contributed by atoms with E-state index < -0.39 is 35.6 Å². The lowest BCUT2D eigenvalue weighted by Gasteiger charge is -2.37. The fourth-order valence-corrected chi connectivity index (χ4v) is 6.85. The van der Waals surface area contributed by atoms with Gasteiger partial charge in [0.15, 0.2) is 0 Å². The number of piperazine rings is 1. The van der Waals surface area contributed by atoms with Crippen LogP contribution in [0.5, 0.6) is 0 Å². The fraction of sp³-hybridized carbons (Fsp3) is 0.448. The van der Waals surface area contributed by atoms with Crippen molar-refractivity contribution in [3.63, 3.8) is 0 Å². The van der Waals surface area contributed by atoms with Crippen LogP contribution in [-0.2, 0) is 17.5 Å². The number of hydrogen-bond donors (Lipinski definition) is 1. The standard InChI is InChI=1S/C29H32ClF4N5O3S/c1-4-23(40)37-7-9-38(10-8-37)27-19-14-20(29(32,33)34)24(17-5-6-22(31)21(30)13-17)26-25(19)39(28(41)35-27)15-18(16-43-26)42-12-11-36(2)3/h4-6,13-14,18,23,40H,1,7-12,15-16H2,2-3H3. The van der Waals surface area contributed by atoms with Crippen LogP contribution in [0.4, 0.5) is 23.4 Å². The molecule has 0 aliphatic carbocycles. The Kier molecular flexibility index (Phi) is 9.40. The summed E-state index contributed by atoms with van der Waals surface area (Å²) in [6, 6.07) is 4.50. The third-order valence-corrected chi connectivity index (χ3v) is 9.12. The van der Waals surface area contributed by atoms with E-state index in [4.69, 9.17) is 16.3 Å². The molecule has 232 valence electrons. The number of thioether (sulfide) groups is 1. The van der Waals surface area contributed by atoms with Crippen LogP contribution in [0.3, 0.4) is 0 Å². The molecule has 0 amide bonds. The number of aliphatic hydroxyl groups is 1. The summed E-state index contributed by atoms with van der Waals surface area (Å²) in [5.41, 5.74) is -1.32. The van der Waals surface area contributed by atoms with E-state index >= 15 is 0 Å². The summed E-state index contributed by atoms with van der Waals surface area (Å²) in [6.45, 7) is 6.13. The second-order valence-electron chi connectivity index (χ2n) is 10.8. The Balaban J connectivity index is 1.73. The summed E-state index contributed by atoms with van der Waals surface area (Å²) < 4.78 is 66.1. The highest BCUT2D eigenvalue weighted by molar-refractivity contribution is 7.99. The maximum Gasteiger partial charge on any atom is 0.417 e. The predicted molar refractivity (Wildman–Crippen MR) is 160 cm³/mol. The van der Waals surface area contributed by atoms with Gasteiger partial charge >= 0.3 is 11.9 Å². The Labute approximate surface area is 255 Å². The molecule has 2 atom stereocenters. The molecule has 3 heterocycles. The molecule has 3 aromatic rings. The molecule has 43 heavy (non-hydrogen) atoms. The normalized spacial score (nSPS) is 18.7. The third-order valence-electron chi connectivity index (χ3n) is 7.60. The molecule has 0 spiro atoms. The number of anilines is 1. The molecule has 1 N–H and O–H groups in total. The molecule has 0 bridgehead atoms. The Morgan fingerprint density at radius 2 is 1.98 bits per heavy atom. The first kappa shape index (κ1) is 31.7. The number of likely N-dealkylation sites (N-methyl/N-ethyl adjacent to an activating group) is 1. The number of benzene rings is 2. The van der Waals surface area contributed by atoms with Gasteiger partial charge in [0, 0.05) is 54.3 Å². The van der Waals surface area contributed by atoms with Gasteiger partial charge in [0.1, 0.15) is 17.9 Å². The van der Waals surface area contributed by atoms with Crippen LogP contribution in [0.1, 0.15) is 5.56 Å². The van der Waals surface area contributed by atoms with E-state index in [1.807, 2.05) is 19.0 Å². The highest BCUT2D eigenvalue weighted by Gasteiger charge is 2.39. The monoisotopic (exact) mass is 641 g/mol. The van der Waals surface area contributed by atoms with Crippen molar-refractivity contribution in [2.24, 2.45) is 0 Å². The maximum atomic E-state index is 14.8. The van der Waals surface area contributed by atoms with Crippen LogP contribution in [0.2, 0.25) is 5.02 Å². The molecular weight excluding hydrogens is 610 g/mol. The minimum absolute atomic E-state index is 0.0829. The molecule has 2 aromatic carbocycles. The van der Waals surface area contributed by atoms with Gasteiger partial charge in [-0.1, -0.05) is 24.2 Å². The summed E-state index contributed by atoms with van der Waals surface area (Å²) in [7, 11) is 3.79. The van der Waals surface area contributed by atoms with Gasteiger partial charge in [0.2, 0.25) is 0 Å². The molecule has 2 unspecified atom stereocenters. The Bertz CT molecular complexity index is 1580. The number of hydrogen-bond acceptors (Lipinski definition) is 8. The topological polar surface area (TPSA) is 74.1 Å². The fourth-order valence-electron chi connectivity index (χ4n) is 5.39. The number of rotatable bonds is 8. The van der Waals surface area contributed by atoms with E-state index in [9.17, 15) is 27.5 Å². The maximum absolute atomic E-state index is 14.8. The second-order valence-corrected chi connectivity index (χ2v) is 12.2. The van der Waals surface area contributed by atoms with Gasteiger partial charge in [-0.15, -0.1) is 11.8 Å². The number of aliphatic hydroxyl groups excluding tert-OH is 1. The van der Waals surface area contributed by atoms with Gasteiger partial charge in [-0.3, -0.25) is 9.47 Å². The van der Waals surface area contributed by atoms with Crippen molar-refractivity contribution < 1.29 is 27.4 Å². The van der Waals surface area contributed by atoms with Crippen LogP contribution in [0, 0.1) is 5.82 Å². The van der Waals surface area contributed by atoms with Crippen LogP contribution in [0.15, 0.2) is 46.6 Å². The Morgan fingerprint density at radius 1 is 1.26 bits per heavy atom. The van der Waals surface area contributed by atoms with E-state index in [0.29, 0.717) is 44.8 Å². The first-order chi connectivity index (χ1) is 20.4. The van der Waals surface area contributed by atoms with E-state index in [1.165, 1.54) is 34.5 Å². The molecule has 0 saturated carbocycles.